The smallest absolute Gasteiger partial charge is 0.403 e. The van der Waals surface area contributed by atoms with Crippen molar-refractivity contribution in [3.8, 4) is 0 Å². The second kappa shape index (κ2) is 7.32. The Kier molecular flexibility index (Phi) is 6.34. The number of carbonyl (C=O) groups is 2. The summed E-state index contributed by atoms with van der Waals surface area (Å²) < 4.78 is 5.27. The summed E-state index contributed by atoms with van der Waals surface area (Å²) in [5.41, 5.74) is 2.97. The molecule has 0 aromatic heterocycles. The first-order valence-electron chi connectivity index (χ1n) is 6.44. The molecule has 0 bridgehead atoms. The van der Waals surface area contributed by atoms with Crippen LogP contribution in [-0.4, -0.2) is 24.5 Å². The molecule has 20 heavy (non-hydrogen) atoms. The van der Waals surface area contributed by atoms with Gasteiger partial charge in [0.1, 0.15) is 11.9 Å². The van der Waals surface area contributed by atoms with E-state index in [4.69, 9.17) is 4.74 Å². The Bertz CT molecular complexity index is 516. The first-order chi connectivity index (χ1) is 8.97. The molecule has 1 aliphatic heterocycles. The summed E-state index contributed by atoms with van der Waals surface area (Å²) in [5, 5.41) is 0. The summed E-state index contributed by atoms with van der Waals surface area (Å²) in [5.74, 6) is 0.119. The summed E-state index contributed by atoms with van der Waals surface area (Å²) in [7, 11) is 0. The largest absolute Gasteiger partial charge is 0.445 e. The van der Waals surface area contributed by atoms with Gasteiger partial charge in [0, 0.05) is 39.1 Å². The van der Waals surface area contributed by atoms with Crippen molar-refractivity contribution in [3.05, 3.63) is 29.3 Å². The summed E-state index contributed by atoms with van der Waals surface area (Å²) in [4.78, 5) is 24.4. The van der Waals surface area contributed by atoms with Gasteiger partial charge in [-0.1, -0.05) is 19.5 Å². The van der Waals surface area contributed by atoms with Crippen LogP contribution >= 0.6 is 0 Å². The molecule has 1 aliphatic rings. The van der Waals surface area contributed by atoms with E-state index in [0.29, 0.717) is 19.4 Å². The Morgan fingerprint density at radius 2 is 2.20 bits per heavy atom. The predicted octanol–water partition coefficient (Wildman–Crippen LogP) is 2.80. The van der Waals surface area contributed by atoms with Crippen molar-refractivity contribution in [1.29, 1.82) is 0 Å². The number of hydrogen-bond acceptors (Lipinski definition) is 3. The van der Waals surface area contributed by atoms with Gasteiger partial charge >= 0.3 is 6.09 Å². The van der Waals surface area contributed by atoms with Crippen molar-refractivity contribution < 1.29 is 47.0 Å². The molecule has 5 heteroatoms. The molecular formula is C15H18NO3Y-. The van der Waals surface area contributed by atoms with Crippen LogP contribution in [0.3, 0.4) is 0 Å². The molecular weight excluding hydrogens is 331 g/mol. The maximum absolute atomic E-state index is 11.8. The van der Waals surface area contributed by atoms with Crippen LogP contribution in [0.1, 0.15) is 30.9 Å². The van der Waals surface area contributed by atoms with Crippen LogP contribution < -0.4 is 4.90 Å². The number of ether oxygens (including phenoxy) is 1. The molecule has 0 saturated carbocycles. The zero-order valence-electron chi connectivity index (χ0n) is 12.1. The van der Waals surface area contributed by atoms with E-state index < -0.39 is 0 Å². The quantitative estimate of drug-likeness (QED) is 0.786. The monoisotopic (exact) mass is 349 g/mol. The normalized spacial score (nSPS) is 17.6. The SMILES string of the molecule is CC(=O)CC[C@H]1CN(c2c[c-]c(C)c(C)c2)C(=O)O1.[Y]. The second-order valence-corrected chi connectivity index (χ2v) is 5.02. The zero-order valence-corrected chi connectivity index (χ0v) is 14.9. The minimum atomic E-state index is -0.342. The molecule has 105 valence electrons. The van der Waals surface area contributed by atoms with Gasteiger partial charge in [-0.3, -0.25) is 0 Å². The molecule has 1 fully saturated rings. The van der Waals surface area contributed by atoms with Gasteiger partial charge in [0.25, 0.3) is 0 Å². The van der Waals surface area contributed by atoms with Crippen LogP contribution in [0, 0.1) is 19.9 Å². The van der Waals surface area contributed by atoms with E-state index in [9.17, 15) is 9.59 Å². The third kappa shape index (κ3) is 4.13. The molecule has 0 aliphatic carbocycles. The van der Waals surface area contributed by atoms with Gasteiger partial charge in [0.2, 0.25) is 0 Å². The van der Waals surface area contributed by atoms with Crippen molar-refractivity contribution in [2.75, 3.05) is 11.4 Å². The van der Waals surface area contributed by atoms with Crippen LogP contribution in [0.2, 0.25) is 0 Å². The maximum atomic E-state index is 11.8. The van der Waals surface area contributed by atoms with Crippen LogP contribution in [0.4, 0.5) is 10.5 Å². The van der Waals surface area contributed by atoms with Gasteiger partial charge in [-0.15, -0.1) is 6.07 Å². The van der Waals surface area contributed by atoms with Crippen molar-refractivity contribution in [2.24, 2.45) is 0 Å². The van der Waals surface area contributed by atoms with Gasteiger partial charge in [-0.05, 0) is 13.3 Å². The van der Waals surface area contributed by atoms with Crippen LogP contribution in [-0.2, 0) is 42.2 Å². The number of nitrogens with zero attached hydrogens (tertiary/aromatic N) is 1. The number of aryl methyl sites for hydroxylation is 2. The Balaban J connectivity index is 0.00000200. The number of carbonyl (C=O) groups excluding carboxylic acids is 2. The fraction of sp³-hybridized carbons (Fsp3) is 0.467. The number of Topliss-reactive ketones (excluding diaryl/α,β-unsaturated/α-hetero) is 1. The molecule has 1 aromatic carbocycles. The molecule has 0 unspecified atom stereocenters. The molecule has 0 N–H and O–H groups in total. The summed E-state index contributed by atoms with van der Waals surface area (Å²) in [6.45, 7) is 6.02. The van der Waals surface area contributed by atoms with Gasteiger partial charge in [-0.2, -0.15) is 23.3 Å². The van der Waals surface area contributed by atoms with Crippen molar-refractivity contribution >= 4 is 17.6 Å². The van der Waals surface area contributed by atoms with Gasteiger partial charge in [0.15, 0.2) is 0 Å². The summed E-state index contributed by atoms with van der Waals surface area (Å²) >= 11 is 0. The topological polar surface area (TPSA) is 46.6 Å². The fourth-order valence-electron chi connectivity index (χ4n) is 2.07. The minimum absolute atomic E-state index is 0. The molecule has 0 spiro atoms. The van der Waals surface area contributed by atoms with Gasteiger partial charge in [-0.25, -0.2) is 4.79 Å². The maximum Gasteiger partial charge on any atom is 0.403 e. The summed E-state index contributed by atoms with van der Waals surface area (Å²) in [6.07, 6.45) is 0.500. The summed E-state index contributed by atoms with van der Waals surface area (Å²) in [6, 6.07) is 6.89. The van der Waals surface area contributed by atoms with E-state index in [1.807, 2.05) is 19.9 Å². The molecule has 1 atom stereocenters. The van der Waals surface area contributed by atoms with Gasteiger partial charge < -0.3 is 14.4 Å². The number of rotatable bonds is 4. The number of ketones is 1. The first-order valence-corrected chi connectivity index (χ1v) is 6.44. The average molecular weight is 349 g/mol. The van der Waals surface area contributed by atoms with Crippen molar-refractivity contribution in [3.63, 3.8) is 0 Å². The van der Waals surface area contributed by atoms with E-state index in [1.54, 1.807) is 17.9 Å². The van der Waals surface area contributed by atoms with Crippen molar-refractivity contribution in [1.82, 2.24) is 0 Å². The van der Waals surface area contributed by atoms with E-state index >= 15 is 0 Å². The second-order valence-electron chi connectivity index (χ2n) is 5.02. The molecule has 4 nitrogen and oxygen atoms in total. The van der Waals surface area contributed by atoms with E-state index in [1.165, 1.54) is 0 Å². The van der Waals surface area contributed by atoms with Gasteiger partial charge in [0.05, 0.1) is 6.54 Å². The van der Waals surface area contributed by atoms with Crippen molar-refractivity contribution in [2.45, 2.75) is 39.7 Å². The molecule has 1 radical (unpaired) electrons. The van der Waals surface area contributed by atoms with Crippen LogP contribution in [0.25, 0.3) is 0 Å². The number of amides is 1. The predicted molar refractivity (Wildman–Crippen MR) is 72.3 cm³/mol. The molecule has 1 heterocycles. The minimum Gasteiger partial charge on any atom is -0.445 e. The molecule has 1 aromatic rings. The molecule has 2 rings (SSSR count). The molecule has 1 saturated heterocycles. The average Bonchev–Trinajstić information content (AvgIpc) is 2.72. The van der Waals surface area contributed by atoms with Crippen LogP contribution in [0.5, 0.6) is 0 Å². The van der Waals surface area contributed by atoms with E-state index in [-0.39, 0.29) is 50.7 Å². The fourth-order valence-corrected chi connectivity index (χ4v) is 2.07. The zero-order chi connectivity index (χ0) is 14.0. The Morgan fingerprint density at radius 3 is 2.80 bits per heavy atom. The third-order valence-electron chi connectivity index (χ3n) is 3.40. The third-order valence-corrected chi connectivity index (χ3v) is 3.40. The van der Waals surface area contributed by atoms with E-state index in [0.717, 1.165) is 16.8 Å². The number of benzene rings is 1. The number of anilines is 1. The first kappa shape index (κ1) is 17.3. The number of cyclic esters (lactones) is 1. The Labute approximate surface area is 144 Å². The van der Waals surface area contributed by atoms with Crippen LogP contribution in [0.15, 0.2) is 12.1 Å². The Hall–Kier alpha value is -0.736. The standard InChI is InChI=1S/C15H18NO3.Y/c1-10-4-6-13(8-11(10)2)16-9-14(19-15(16)18)7-5-12(3)17;/h6,8,14H,5,7,9H2,1-3H3;/q-1;/t14-;/m0./s1. The molecule has 1 amide bonds. The number of hydrogen-bond donors (Lipinski definition) is 0. The Morgan fingerprint density at radius 1 is 1.50 bits per heavy atom. The van der Waals surface area contributed by atoms with E-state index in [2.05, 4.69) is 6.07 Å².